The molecular formula is C17H24N2. The van der Waals surface area contributed by atoms with Gasteiger partial charge in [-0.2, -0.15) is 0 Å². The monoisotopic (exact) mass is 256 g/mol. The summed E-state index contributed by atoms with van der Waals surface area (Å²) in [5, 5.41) is 3.56. The van der Waals surface area contributed by atoms with Crippen LogP contribution in [-0.4, -0.2) is 11.1 Å². The molecule has 1 heterocycles. The molecule has 19 heavy (non-hydrogen) atoms. The topological polar surface area (TPSA) is 17.0 Å². The van der Waals surface area contributed by atoms with Crippen LogP contribution >= 0.6 is 0 Å². The van der Waals surface area contributed by atoms with Gasteiger partial charge in [-0.3, -0.25) is 0 Å². The molecule has 1 aromatic heterocycles. The van der Waals surface area contributed by atoms with Gasteiger partial charge in [0, 0.05) is 25.0 Å². The molecular weight excluding hydrogens is 232 g/mol. The van der Waals surface area contributed by atoms with Crippen LogP contribution in [0.5, 0.6) is 0 Å². The lowest BCUT2D eigenvalue weighted by Crippen LogP contribution is -2.19. The van der Waals surface area contributed by atoms with Crippen molar-refractivity contribution in [2.45, 2.75) is 39.3 Å². The molecule has 0 aliphatic carbocycles. The van der Waals surface area contributed by atoms with E-state index in [4.69, 9.17) is 0 Å². The molecule has 0 bridgehead atoms. The Kier molecular flexibility index (Phi) is 5.22. The lowest BCUT2D eigenvalue weighted by atomic mass is 10.2. The van der Waals surface area contributed by atoms with Crippen molar-refractivity contribution in [3.05, 3.63) is 59.9 Å². The van der Waals surface area contributed by atoms with Crippen molar-refractivity contribution in [3.63, 3.8) is 0 Å². The Labute approximate surface area is 116 Å². The Hall–Kier alpha value is -1.54. The van der Waals surface area contributed by atoms with Crippen LogP contribution in [0.15, 0.2) is 48.8 Å². The fourth-order valence-electron chi connectivity index (χ4n) is 2.22. The van der Waals surface area contributed by atoms with Crippen LogP contribution < -0.4 is 5.32 Å². The van der Waals surface area contributed by atoms with Gasteiger partial charge in [0.2, 0.25) is 0 Å². The van der Waals surface area contributed by atoms with Gasteiger partial charge in [0.25, 0.3) is 0 Å². The average Bonchev–Trinajstić information content (AvgIpc) is 2.89. The average molecular weight is 256 g/mol. The van der Waals surface area contributed by atoms with Gasteiger partial charge in [-0.15, -0.1) is 0 Å². The molecule has 2 nitrogen and oxygen atoms in total. The molecule has 0 saturated heterocycles. The smallest absolute Gasteiger partial charge is 0.0470 e. The number of unbranched alkanes of at least 4 members (excludes halogenated alkanes) is 1. The maximum Gasteiger partial charge on any atom is 0.0470 e. The van der Waals surface area contributed by atoms with Gasteiger partial charge in [0.1, 0.15) is 0 Å². The summed E-state index contributed by atoms with van der Waals surface area (Å²) < 4.78 is 2.25. The minimum Gasteiger partial charge on any atom is -0.350 e. The summed E-state index contributed by atoms with van der Waals surface area (Å²) in [6.45, 7) is 6.50. The molecule has 2 aromatic rings. The van der Waals surface area contributed by atoms with E-state index in [1.165, 1.54) is 24.0 Å². The number of hydrogen-bond acceptors (Lipinski definition) is 1. The summed E-state index contributed by atoms with van der Waals surface area (Å²) in [7, 11) is 0. The second-order valence-electron chi connectivity index (χ2n) is 5.13. The van der Waals surface area contributed by atoms with Gasteiger partial charge in [0.05, 0.1) is 0 Å². The van der Waals surface area contributed by atoms with Crippen molar-refractivity contribution < 1.29 is 0 Å². The Bertz CT molecular complexity index is 473. The van der Waals surface area contributed by atoms with E-state index in [9.17, 15) is 0 Å². The van der Waals surface area contributed by atoms with Gasteiger partial charge in [-0.05, 0) is 37.1 Å². The fourth-order valence-corrected chi connectivity index (χ4v) is 2.22. The van der Waals surface area contributed by atoms with E-state index in [1.807, 2.05) is 0 Å². The van der Waals surface area contributed by atoms with Gasteiger partial charge >= 0.3 is 0 Å². The molecule has 1 unspecified atom stereocenters. The zero-order valence-electron chi connectivity index (χ0n) is 12.0. The molecule has 0 radical (unpaired) electrons. The highest BCUT2D eigenvalue weighted by Crippen LogP contribution is 2.14. The molecule has 0 spiro atoms. The number of benzene rings is 1. The zero-order chi connectivity index (χ0) is 13.5. The fraction of sp³-hybridized carbons (Fsp3) is 0.412. The summed E-state index contributed by atoms with van der Waals surface area (Å²) in [4.78, 5) is 0. The number of rotatable bonds is 7. The van der Waals surface area contributed by atoms with Crippen LogP contribution in [0, 0.1) is 0 Å². The molecule has 1 atom stereocenters. The number of aromatic nitrogens is 1. The van der Waals surface area contributed by atoms with Crippen LogP contribution in [0.25, 0.3) is 0 Å². The van der Waals surface area contributed by atoms with Crippen LogP contribution in [0.4, 0.5) is 0 Å². The van der Waals surface area contributed by atoms with Gasteiger partial charge < -0.3 is 9.88 Å². The minimum absolute atomic E-state index is 0.434. The maximum atomic E-state index is 3.56. The molecule has 0 aliphatic rings. The molecule has 1 aromatic carbocycles. The molecule has 102 valence electrons. The highest BCUT2D eigenvalue weighted by Gasteiger charge is 2.06. The van der Waals surface area contributed by atoms with Gasteiger partial charge in [0.15, 0.2) is 0 Å². The third kappa shape index (κ3) is 4.25. The first-order chi connectivity index (χ1) is 9.29. The number of nitrogens with one attached hydrogen (secondary N) is 1. The first-order valence-corrected chi connectivity index (χ1v) is 7.22. The molecule has 0 fully saturated rings. The summed E-state index contributed by atoms with van der Waals surface area (Å²) in [6.07, 6.45) is 6.90. The molecule has 2 heteroatoms. The van der Waals surface area contributed by atoms with E-state index < -0.39 is 0 Å². The van der Waals surface area contributed by atoms with E-state index in [-0.39, 0.29) is 0 Å². The van der Waals surface area contributed by atoms with Gasteiger partial charge in [-0.1, -0.05) is 43.7 Å². The quantitative estimate of drug-likeness (QED) is 0.741. The van der Waals surface area contributed by atoms with Crippen molar-refractivity contribution >= 4 is 0 Å². The highest BCUT2D eigenvalue weighted by molar-refractivity contribution is 5.19. The Morgan fingerprint density at radius 1 is 1.16 bits per heavy atom. The zero-order valence-corrected chi connectivity index (χ0v) is 12.0. The lowest BCUT2D eigenvalue weighted by Gasteiger charge is -2.11. The van der Waals surface area contributed by atoms with E-state index >= 15 is 0 Å². The Balaban J connectivity index is 1.91. The van der Waals surface area contributed by atoms with Crippen molar-refractivity contribution in [2.75, 3.05) is 6.54 Å². The largest absolute Gasteiger partial charge is 0.350 e. The normalized spacial score (nSPS) is 12.5. The van der Waals surface area contributed by atoms with Crippen LogP contribution in [0.2, 0.25) is 0 Å². The third-order valence-electron chi connectivity index (χ3n) is 3.46. The van der Waals surface area contributed by atoms with Crippen molar-refractivity contribution in [3.8, 4) is 0 Å². The minimum atomic E-state index is 0.434. The molecule has 0 amide bonds. The third-order valence-corrected chi connectivity index (χ3v) is 3.46. The second-order valence-corrected chi connectivity index (χ2v) is 5.13. The predicted octanol–water partition coefficient (Wildman–Crippen LogP) is 3.99. The molecule has 0 saturated carbocycles. The molecule has 0 aliphatic heterocycles. The van der Waals surface area contributed by atoms with Crippen LogP contribution in [0.3, 0.4) is 0 Å². The molecule has 2 rings (SSSR count). The van der Waals surface area contributed by atoms with E-state index in [2.05, 4.69) is 72.5 Å². The number of hydrogen-bond donors (Lipinski definition) is 1. The SMILES string of the molecule is CCCCNC(C)c1ccn(Cc2ccccc2)c1. The van der Waals surface area contributed by atoms with Crippen molar-refractivity contribution in [1.29, 1.82) is 0 Å². The standard InChI is InChI=1S/C17H24N2/c1-3-4-11-18-15(2)17-10-12-19(14-17)13-16-8-6-5-7-9-16/h5-10,12,14-15,18H,3-4,11,13H2,1-2H3. The number of nitrogens with zero attached hydrogens (tertiary/aromatic N) is 1. The maximum absolute atomic E-state index is 3.56. The first kappa shape index (κ1) is 13.9. The summed E-state index contributed by atoms with van der Waals surface area (Å²) in [6, 6.07) is 13.2. The second kappa shape index (κ2) is 7.15. The van der Waals surface area contributed by atoms with E-state index in [0.717, 1.165) is 13.1 Å². The summed E-state index contributed by atoms with van der Waals surface area (Å²) in [5.74, 6) is 0. The Morgan fingerprint density at radius 2 is 1.95 bits per heavy atom. The van der Waals surface area contributed by atoms with E-state index in [1.54, 1.807) is 0 Å². The first-order valence-electron chi connectivity index (χ1n) is 7.22. The summed E-state index contributed by atoms with van der Waals surface area (Å²) in [5.41, 5.74) is 2.71. The van der Waals surface area contributed by atoms with Gasteiger partial charge in [-0.25, -0.2) is 0 Å². The summed E-state index contributed by atoms with van der Waals surface area (Å²) >= 11 is 0. The van der Waals surface area contributed by atoms with Crippen molar-refractivity contribution in [1.82, 2.24) is 9.88 Å². The highest BCUT2D eigenvalue weighted by atomic mass is 15.0. The Morgan fingerprint density at radius 3 is 2.68 bits per heavy atom. The lowest BCUT2D eigenvalue weighted by molar-refractivity contribution is 0.553. The molecule has 1 N–H and O–H groups in total. The van der Waals surface area contributed by atoms with Crippen molar-refractivity contribution in [2.24, 2.45) is 0 Å². The van der Waals surface area contributed by atoms with E-state index in [0.29, 0.717) is 6.04 Å². The predicted molar refractivity (Wildman–Crippen MR) is 81.3 cm³/mol. The van der Waals surface area contributed by atoms with Crippen LogP contribution in [0.1, 0.15) is 43.9 Å². The van der Waals surface area contributed by atoms with Crippen LogP contribution in [-0.2, 0) is 6.54 Å².